The molecule has 0 saturated carbocycles. The lowest BCUT2D eigenvalue weighted by molar-refractivity contribution is 0.0899. The van der Waals surface area contributed by atoms with Crippen LogP contribution in [0.3, 0.4) is 0 Å². The molecule has 0 saturated heterocycles. The van der Waals surface area contributed by atoms with E-state index in [4.69, 9.17) is 0 Å². The van der Waals surface area contributed by atoms with Crippen molar-refractivity contribution in [1.29, 1.82) is 0 Å². The highest BCUT2D eigenvalue weighted by Gasteiger charge is 2.20. The van der Waals surface area contributed by atoms with Gasteiger partial charge in [-0.25, -0.2) is 0 Å². The van der Waals surface area contributed by atoms with Gasteiger partial charge in [-0.15, -0.1) is 0 Å². The van der Waals surface area contributed by atoms with Crippen LogP contribution in [0, 0.1) is 15.4 Å². The number of hydrogen-bond acceptors (Lipinski definition) is 1. The minimum absolute atomic E-state index is 0.0690. The van der Waals surface area contributed by atoms with Crippen molar-refractivity contribution >= 4 is 44.3 Å². The summed E-state index contributed by atoms with van der Waals surface area (Å²) in [6, 6.07) is 5.86. The van der Waals surface area contributed by atoms with E-state index in [-0.39, 0.29) is 11.7 Å². The summed E-state index contributed by atoms with van der Waals surface area (Å²) >= 11 is 5.65. The van der Waals surface area contributed by atoms with Crippen LogP contribution in [0.25, 0.3) is 0 Å². The van der Waals surface area contributed by atoms with E-state index in [2.05, 4.69) is 52.4 Å². The lowest BCUT2D eigenvalue weighted by Gasteiger charge is -2.15. The SMILES string of the molecule is CC(C)C(C)C(=O)c1cc(I)ccc1Br. The predicted octanol–water partition coefficient (Wildman–Crippen LogP) is 4.53. The van der Waals surface area contributed by atoms with Gasteiger partial charge in [-0.05, 0) is 46.7 Å². The third-order valence-electron chi connectivity index (χ3n) is 2.61. The molecule has 0 bridgehead atoms. The maximum absolute atomic E-state index is 12.1. The van der Waals surface area contributed by atoms with Crippen molar-refractivity contribution < 1.29 is 4.79 Å². The molecule has 1 nitrogen and oxygen atoms in total. The minimum Gasteiger partial charge on any atom is -0.294 e. The Kier molecular flexibility index (Phi) is 4.77. The van der Waals surface area contributed by atoms with Crippen LogP contribution in [-0.2, 0) is 0 Å². The summed E-state index contributed by atoms with van der Waals surface area (Å²) in [4.78, 5) is 12.1. The van der Waals surface area contributed by atoms with Crippen molar-refractivity contribution in [2.24, 2.45) is 11.8 Å². The first-order valence-corrected chi connectivity index (χ1v) is 6.80. The Balaban J connectivity index is 3.05. The van der Waals surface area contributed by atoms with Gasteiger partial charge >= 0.3 is 0 Å². The first-order chi connectivity index (χ1) is 6.93. The highest BCUT2D eigenvalue weighted by Crippen LogP contribution is 2.24. The average molecular weight is 381 g/mol. The van der Waals surface area contributed by atoms with Gasteiger partial charge in [0.2, 0.25) is 0 Å². The van der Waals surface area contributed by atoms with Crippen LogP contribution < -0.4 is 0 Å². The standard InChI is InChI=1S/C12H14BrIO/c1-7(2)8(3)12(15)10-6-9(14)4-5-11(10)13/h4-8H,1-3H3. The van der Waals surface area contributed by atoms with Crippen LogP contribution in [0.2, 0.25) is 0 Å². The van der Waals surface area contributed by atoms with E-state index in [1.165, 1.54) is 0 Å². The zero-order valence-electron chi connectivity index (χ0n) is 9.05. The number of benzene rings is 1. The maximum Gasteiger partial charge on any atom is 0.167 e. The molecule has 0 aliphatic carbocycles. The molecular weight excluding hydrogens is 367 g/mol. The number of halogens is 2. The van der Waals surface area contributed by atoms with Gasteiger partial charge in [-0.3, -0.25) is 4.79 Å². The Morgan fingerprint density at radius 3 is 2.47 bits per heavy atom. The first kappa shape index (κ1) is 13.2. The van der Waals surface area contributed by atoms with Crippen LogP contribution in [0.4, 0.5) is 0 Å². The van der Waals surface area contributed by atoms with Gasteiger partial charge in [0.1, 0.15) is 0 Å². The highest BCUT2D eigenvalue weighted by molar-refractivity contribution is 14.1. The third kappa shape index (κ3) is 3.28. The Morgan fingerprint density at radius 1 is 1.33 bits per heavy atom. The Morgan fingerprint density at radius 2 is 1.93 bits per heavy atom. The second kappa shape index (κ2) is 5.43. The molecule has 0 aromatic heterocycles. The number of Topliss-reactive ketones (excluding diaryl/α,β-unsaturated/α-hetero) is 1. The summed E-state index contributed by atoms with van der Waals surface area (Å²) in [5.41, 5.74) is 0.795. The monoisotopic (exact) mass is 380 g/mol. The van der Waals surface area contributed by atoms with E-state index in [9.17, 15) is 4.79 Å². The molecule has 0 spiro atoms. The molecule has 1 atom stereocenters. The molecule has 1 aromatic rings. The second-order valence-corrected chi connectivity index (χ2v) is 6.12. The fraction of sp³-hybridized carbons (Fsp3) is 0.417. The van der Waals surface area contributed by atoms with E-state index in [1.54, 1.807) is 0 Å². The van der Waals surface area contributed by atoms with Gasteiger partial charge in [0.25, 0.3) is 0 Å². The maximum atomic E-state index is 12.1. The molecule has 1 rings (SSSR count). The van der Waals surface area contributed by atoms with Gasteiger partial charge in [0, 0.05) is 19.5 Å². The molecule has 0 N–H and O–H groups in total. The lowest BCUT2D eigenvalue weighted by Crippen LogP contribution is -2.17. The Bertz CT molecular complexity index is 374. The molecule has 82 valence electrons. The van der Waals surface area contributed by atoms with E-state index in [0.717, 1.165) is 13.6 Å². The van der Waals surface area contributed by atoms with E-state index < -0.39 is 0 Å². The molecule has 0 fully saturated rings. The fourth-order valence-corrected chi connectivity index (χ4v) is 2.17. The van der Waals surface area contributed by atoms with Gasteiger partial charge < -0.3 is 0 Å². The number of hydrogen-bond donors (Lipinski definition) is 0. The molecule has 0 amide bonds. The fourth-order valence-electron chi connectivity index (χ4n) is 1.23. The van der Waals surface area contributed by atoms with Crippen molar-refractivity contribution in [3.63, 3.8) is 0 Å². The average Bonchev–Trinajstić information content (AvgIpc) is 2.19. The molecular formula is C12H14BrIO. The molecule has 0 aliphatic heterocycles. The van der Waals surface area contributed by atoms with Gasteiger partial charge in [0.05, 0.1) is 0 Å². The smallest absolute Gasteiger partial charge is 0.167 e. The van der Waals surface area contributed by atoms with Crippen LogP contribution >= 0.6 is 38.5 Å². The molecule has 15 heavy (non-hydrogen) atoms. The van der Waals surface area contributed by atoms with Crippen LogP contribution in [-0.4, -0.2) is 5.78 Å². The lowest BCUT2D eigenvalue weighted by atomic mass is 9.90. The van der Waals surface area contributed by atoms with Crippen molar-refractivity contribution in [2.75, 3.05) is 0 Å². The topological polar surface area (TPSA) is 17.1 Å². The molecule has 0 aliphatic rings. The van der Waals surface area contributed by atoms with E-state index in [0.29, 0.717) is 5.92 Å². The normalized spacial score (nSPS) is 12.9. The predicted molar refractivity (Wildman–Crippen MR) is 75.2 cm³/mol. The second-order valence-electron chi connectivity index (χ2n) is 4.02. The van der Waals surface area contributed by atoms with Crippen molar-refractivity contribution in [2.45, 2.75) is 20.8 Å². The van der Waals surface area contributed by atoms with Gasteiger partial charge in [-0.2, -0.15) is 0 Å². The van der Waals surface area contributed by atoms with E-state index >= 15 is 0 Å². The number of carbonyl (C=O) groups is 1. The Labute approximate surface area is 113 Å². The minimum atomic E-state index is 0.0690. The molecule has 3 heteroatoms. The number of carbonyl (C=O) groups excluding carboxylic acids is 1. The summed E-state index contributed by atoms with van der Waals surface area (Å²) in [5, 5.41) is 0. The van der Waals surface area contributed by atoms with Gasteiger partial charge in [-0.1, -0.05) is 36.7 Å². The van der Waals surface area contributed by atoms with Crippen molar-refractivity contribution in [3.8, 4) is 0 Å². The summed E-state index contributed by atoms with van der Waals surface area (Å²) in [6.07, 6.45) is 0. The van der Waals surface area contributed by atoms with Crippen LogP contribution in [0.1, 0.15) is 31.1 Å². The van der Waals surface area contributed by atoms with Crippen LogP contribution in [0.5, 0.6) is 0 Å². The number of rotatable bonds is 3. The van der Waals surface area contributed by atoms with Crippen molar-refractivity contribution in [3.05, 3.63) is 31.8 Å². The first-order valence-electron chi connectivity index (χ1n) is 4.92. The quantitative estimate of drug-likeness (QED) is 0.556. The summed E-state index contributed by atoms with van der Waals surface area (Å²) < 4.78 is 1.98. The van der Waals surface area contributed by atoms with E-state index in [1.807, 2.05) is 25.1 Å². The third-order valence-corrected chi connectivity index (χ3v) is 3.97. The molecule has 1 unspecified atom stereocenters. The van der Waals surface area contributed by atoms with Crippen LogP contribution in [0.15, 0.2) is 22.7 Å². The summed E-state index contributed by atoms with van der Waals surface area (Å²) in [6.45, 7) is 6.13. The molecule has 1 aromatic carbocycles. The summed E-state index contributed by atoms with van der Waals surface area (Å²) in [7, 11) is 0. The Hall–Kier alpha value is 0.1000. The summed E-state index contributed by atoms with van der Waals surface area (Å²) in [5.74, 6) is 0.664. The number of ketones is 1. The van der Waals surface area contributed by atoms with Gasteiger partial charge in [0.15, 0.2) is 5.78 Å². The zero-order chi connectivity index (χ0) is 11.6. The zero-order valence-corrected chi connectivity index (χ0v) is 12.8. The largest absolute Gasteiger partial charge is 0.294 e. The molecule has 0 radical (unpaired) electrons. The highest BCUT2D eigenvalue weighted by atomic mass is 127. The van der Waals surface area contributed by atoms with Crippen molar-refractivity contribution in [1.82, 2.24) is 0 Å². The molecule has 0 heterocycles.